The van der Waals surface area contributed by atoms with Gasteiger partial charge in [-0.05, 0) is 36.8 Å². The fourth-order valence-electron chi connectivity index (χ4n) is 2.74. The highest BCUT2D eigenvalue weighted by atomic mass is 32.2. The number of carbonyl (C=O) groups excluding carboxylic acids is 1. The molecular formula is C17H17NO5S2. The average molecular weight is 379 g/mol. The molecule has 1 N–H and O–H groups in total. The number of anilines is 1. The van der Waals surface area contributed by atoms with Crippen LogP contribution in [0.25, 0.3) is 0 Å². The summed E-state index contributed by atoms with van der Waals surface area (Å²) in [6.07, 6.45) is 0.0884. The van der Waals surface area contributed by atoms with Crippen LogP contribution in [0.15, 0.2) is 59.5 Å². The Labute approximate surface area is 146 Å². The lowest BCUT2D eigenvalue weighted by Gasteiger charge is -2.11. The second-order valence-corrected chi connectivity index (χ2v) is 10.4. The summed E-state index contributed by atoms with van der Waals surface area (Å²) in [4.78, 5) is 12.3. The summed E-state index contributed by atoms with van der Waals surface area (Å²) in [5.41, 5.74) is 0.799. The van der Waals surface area contributed by atoms with Crippen LogP contribution in [0.5, 0.6) is 0 Å². The number of para-hydroxylation sites is 1. The molecule has 1 unspecified atom stereocenters. The summed E-state index contributed by atoms with van der Waals surface area (Å²) in [5, 5.41) is 1.74. The minimum atomic E-state index is -3.80. The minimum Gasteiger partial charge on any atom is -0.322 e. The Morgan fingerprint density at radius 3 is 2.40 bits per heavy atom. The van der Waals surface area contributed by atoms with Crippen molar-refractivity contribution >= 4 is 31.3 Å². The Morgan fingerprint density at radius 2 is 1.76 bits per heavy atom. The number of rotatable bonds is 4. The molecule has 2 aromatic rings. The molecule has 2 aromatic carbocycles. The summed E-state index contributed by atoms with van der Waals surface area (Å²) >= 11 is 0. The number of carbonyl (C=O) groups is 1. The SMILES string of the molecule is O=C(Nc1ccccc1)c1cccc(S(=O)(=O)C2CCS(=O)(=O)C2)c1. The van der Waals surface area contributed by atoms with Crippen LogP contribution >= 0.6 is 0 Å². The van der Waals surface area contributed by atoms with Gasteiger partial charge in [0.05, 0.1) is 21.7 Å². The van der Waals surface area contributed by atoms with Gasteiger partial charge in [0.2, 0.25) is 0 Å². The van der Waals surface area contributed by atoms with Gasteiger partial charge >= 0.3 is 0 Å². The minimum absolute atomic E-state index is 0.0321. The molecule has 8 heteroatoms. The maximum atomic E-state index is 12.7. The van der Waals surface area contributed by atoms with E-state index in [-0.39, 0.29) is 28.4 Å². The second kappa shape index (κ2) is 6.61. The maximum Gasteiger partial charge on any atom is 0.255 e. The van der Waals surface area contributed by atoms with Gasteiger partial charge in [0, 0.05) is 11.3 Å². The summed E-state index contributed by atoms with van der Waals surface area (Å²) in [6, 6.07) is 14.5. The molecule has 1 saturated heterocycles. The van der Waals surface area contributed by atoms with Crippen molar-refractivity contribution in [3.8, 4) is 0 Å². The van der Waals surface area contributed by atoms with E-state index in [4.69, 9.17) is 0 Å². The van der Waals surface area contributed by atoms with Crippen molar-refractivity contribution in [1.29, 1.82) is 0 Å². The van der Waals surface area contributed by atoms with Gasteiger partial charge in [0.1, 0.15) is 0 Å². The standard InChI is InChI=1S/C17H17NO5S2/c19-17(18-14-6-2-1-3-7-14)13-5-4-8-15(11-13)25(22,23)16-9-10-24(20,21)12-16/h1-8,11,16H,9-10,12H2,(H,18,19). The Kier molecular flexibility index (Phi) is 4.66. The van der Waals surface area contributed by atoms with Gasteiger partial charge in [-0.2, -0.15) is 0 Å². The van der Waals surface area contributed by atoms with Crippen molar-refractivity contribution in [3.05, 3.63) is 60.2 Å². The molecule has 1 heterocycles. The van der Waals surface area contributed by atoms with Gasteiger partial charge in [-0.15, -0.1) is 0 Å². The molecule has 0 aliphatic carbocycles. The van der Waals surface area contributed by atoms with Gasteiger partial charge in [-0.3, -0.25) is 4.79 Å². The first-order chi connectivity index (χ1) is 11.8. The van der Waals surface area contributed by atoms with Crippen LogP contribution in [0, 0.1) is 0 Å². The Balaban J connectivity index is 1.85. The second-order valence-electron chi connectivity index (χ2n) is 5.92. The van der Waals surface area contributed by atoms with Crippen LogP contribution < -0.4 is 5.32 Å². The lowest BCUT2D eigenvalue weighted by atomic mass is 10.2. The molecule has 0 aromatic heterocycles. The monoisotopic (exact) mass is 379 g/mol. The Bertz CT molecular complexity index is 998. The van der Waals surface area contributed by atoms with Gasteiger partial charge in [-0.25, -0.2) is 16.8 Å². The van der Waals surface area contributed by atoms with E-state index in [1.165, 1.54) is 24.3 Å². The maximum absolute atomic E-state index is 12.7. The first-order valence-electron chi connectivity index (χ1n) is 7.69. The van der Waals surface area contributed by atoms with Crippen LogP contribution in [0.1, 0.15) is 16.8 Å². The van der Waals surface area contributed by atoms with Gasteiger partial charge < -0.3 is 5.32 Å². The molecule has 1 atom stereocenters. The number of hydrogen-bond acceptors (Lipinski definition) is 5. The quantitative estimate of drug-likeness (QED) is 0.875. The van der Waals surface area contributed by atoms with E-state index in [0.29, 0.717) is 5.69 Å². The van der Waals surface area contributed by atoms with E-state index in [1.54, 1.807) is 24.3 Å². The highest BCUT2D eigenvalue weighted by molar-refractivity contribution is 7.96. The van der Waals surface area contributed by atoms with Gasteiger partial charge in [-0.1, -0.05) is 24.3 Å². The topological polar surface area (TPSA) is 97.4 Å². The van der Waals surface area contributed by atoms with E-state index >= 15 is 0 Å². The van der Waals surface area contributed by atoms with E-state index in [9.17, 15) is 21.6 Å². The molecule has 3 rings (SSSR count). The molecule has 0 spiro atoms. The third-order valence-corrected chi connectivity index (χ3v) is 8.26. The summed E-state index contributed by atoms with van der Waals surface area (Å²) in [5.74, 6) is -0.914. The summed E-state index contributed by atoms with van der Waals surface area (Å²) in [7, 11) is -7.11. The van der Waals surface area contributed by atoms with Crippen molar-refractivity contribution in [3.63, 3.8) is 0 Å². The molecule has 132 valence electrons. The van der Waals surface area contributed by atoms with E-state index in [1.807, 2.05) is 6.07 Å². The van der Waals surface area contributed by atoms with Gasteiger partial charge in [0.15, 0.2) is 19.7 Å². The highest BCUT2D eigenvalue weighted by Gasteiger charge is 2.38. The third kappa shape index (κ3) is 3.91. The largest absolute Gasteiger partial charge is 0.322 e. The predicted molar refractivity (Wildman–Crippen MR) is 95.1 cm³/mol. The lowest BCUT2D eigenvalue weighted by molar-refractivity contribution is 0.102. The fraction of sp³-hybridized carbons (Fsp3) is 0.235. The summed E-state index contributed by atoms with van der Waals surface area (Å²) < 4.78 is 48.5. The highest BCUT2D eigenvalue weighted by Crippen LogP contribution is 2.26. The number of hydrogen-bond donors (Lipinski definition) is 1. The van der Waals surface area contributed by atoms with E-state index in [2.05, 4.69) is 5.32 Å². The van der Waals surface area contributed by atoms with Crippen molar-refractivity contribution in [1.82, 2.24) is 0 Å². The van der Waals surface area contributed by atoms with E-state index in [0.717, 1.165) is 0 Å². The normalized spacial score (nSPS) is 19.4. The number of amides is 1. The molecule has 1 aliphatic rings. The van der Waals surface area contributed by atoms with Crippen LogP contribution in [0.4, 0.5) is 5.69 Å². The zero-order chi connectivity index (χ0) is 18.1. The summed E-state index contributed by atoms with van der Waals surface area (Å²) in [6.45, 7) is 0. The Morgan fingerprint density at radius 1 is 1.04 bits per heavy atom. The molecular weight excluding hydrogens is 362 g/mol. The molecule has 1 fully saturated rings. The van der Waals surface area contributed by atoms with Crippen molar-refractivity contribution < 1.29 is 21.6 Å². The predicted octanol–water partition coefficient (Wildman–Crippen LogP) is 1.90. The van der Waals surface area contributed by atoms with Gasteiger partial charge in [0.25, 0.3) is 5.91 Å². The smallest absolute Gasteiger partial charge is 0.255 e. The molecule has 0 radical (unpaired) electrons. The first kappa shape index (κ1) is 17.6. The third-order valence-electron chi connectivity index (χ3n) is 4.09. The molecule has 25 heavy (non-hydrogen) atoms. The van der Waals surface area contributed by atoms with Crippen molar-refractivity contribution in [2.24, 2.45) is 0 Å². The number of benzene rings is 2. The van der Waals surface area contributed by atoms with Crippen LogP contribution in [0.3, 0.4) is 0 Å². The molecule has 0 bridgehead atoms. The molecule has 1 aliphatic heterocycles. The van der Waals surface area contributed by atoms with Crippen molar-refractivity contribution in [2.75, 3.05) is 16.8 Å². The number of nitrogens with one attached hydrogen (secondary N) is 1. The zero-order valence-electron chi connectivity index (χ0n) is 13.3. The average Bonchev–Trinajstić information content (AvgIpc) is 2.96. The van der Waals surface area contributed by atoms with Crippen LogP contribution in [-0.4, -0.2) is 39.5 Å². The van der Waals surface area contributed by atoms with Crippen LogP contribution in [-0.2, 0) is 19.7 Å². The first-order valence-corrected chi connectivity index (χ1v) is 11.1. The number of sulfone groups is 2. The molecule has 0 saturated carbocycles. The lowest BCUT2D eigenvalue weighted by Crippen LogP contribution is -2.23. The van der Waals surface area contributed by atoms with Crippen LogP contribution in [0.2, 0.25) is 0 Å². The van der Waals surface area contributed by atoms with E-state index < -0.39 is 30.8 Å². The van der Waals surface area contributed by atoms with Crippen molar-refractivity contribution in [2.45, 2.75) is 16.6 Å². The zero-order valence-corrected chi connectivity index (χ0v) is 14.9. The Hall–Kier alpha value is -2.19. The molecule has 1 amide bonds. The fourth-order valence-corrected chi connectivity index (χ4v) is 7.14. The molecule has 6 nitrogen and oxygen atoms in total.